The van der Waals surface area contributed by atoms with E-state index in [1.807, 2.05) is 0 Å². The molecule has 138 valence electrons. The summed E-state index contributed by atoms with van der Waals surface area (Å²) in [6, 6.07) is 7.22. The molecule has 2 aliphatic heterocycles. The molecule has 0 spiro atoms. The molecule has 0 unspecified atom stereocenters. The molecule has 4 rings (SSSR count). The van der Waals surface area contributed by atoms with E-state index in [0.29, 0.717) is 6.04 Å². The van der Waals surface area contributed by atoms with Gasteiger partial charge in [0.05, 0.1) is 6.04 Å². The molecule has 0 bridgehead atoms. The van der Waals surface area contributed by atoms with E-state index in [1.165, 1.54) is 47.2 Å². The SMILES string of the molecule is Cc1ccc(CN2CCc3nc([C@@H]4CCCCN4C)ncc3C2)cc1C. The van der Waals surface area contributed by atoms with Gasteiger partial charge < -0.3 is 0 Å². The molecular formula is C22H30N4. The summed E-state index contributed by atoms with van der Waals surface area (Å²) in [6.45, 7) is 8.58. The van der Waals surface area contributed by atoms with Gasteiger partial charge in [-0.05, 0) is 57.0 Å². The first-order chi connectivity index (χ1) is 12.6. The summed E-state index contributed by atoms with van der Waals surface area (Å²) in [7, 11) is 2.21. The number of likely N-dealkylation sites (tertiary alicyclic amines) is 1. The Hall–Kier alpha value is -1.78. The summed E-state index contributed by atoms with van der Waals surface area (Å²) in [5.74, 6) is 1.04. The largest absolute Gasteiger partial charge is 0.296 e. The van der Waals surface area contributed by atoms with Gasteiger partial charge in [-0.15, -0.1) is 0 Å². The lowest BCUT2D eigenvalue weighted by Crippen LogP contribution is -2.33. The van der Waals surface area contributed by atoms with E-state index in [2.05, 4.69) is 55.1 Å². The number of hydrogen-bond donors (Lipinski definition) is 0. The average Bonchev–Trinajstić information content (AvgIpc) is 2.65. The maximum atomic E-state index is 4.98. The molecule has 1 saturated heterocycles. The van der Waals surface area contributed by atoms with E-state index in [1.54, 1.807) is 0 Å². The lowest BCUT2D eigenvalue weighted by molar-refractivity contribution is 0.178. The Morgan fingerprint density at radius 2 is 2.00 bits per heavy atom. The van der Waals surface area contributed by atoms with Crippen molar-refractivity contribution in [3.8, 4) is 0 Å². The van der Waals surface area contributed by atoms with Gasteiger partial charge in [-0.25, -0.2) is 9.97 Å². The standard InChI is InChI=1S/C22H30N4/c1-16-7-8-18(12-17(16)2)14-26-11-9-20-19(15-26)13-23-22(24-20)21-6-4-5-10-25(21)3/h7-8,12-13,21H,4-6,9-11,14-15H2,1-3H3/t21-/m0/s1. The molecule has 0 aliphatic carbocycles. The van der Waals surface area contributed by atoms with Gasteiger partial charge in [0, 0.05) is 43.5 Å². The Morgan fingerprint density at radius 3 is 2.81 bits per heavy atom. The molecule has 26 heavy (non-hydrogen) atoms. The van der Waals surface area contributed by atoms with Crippen molar-refractivity contribution in [1.82, 2.24) is 19.8 Å². The van der Waals surface area contributed by atoms with E-state index in [-0.39, 0.29) is 0 Å². The lowest BCUT2D eigenvalue weighted by Gasteiger charge is -2.33. The van der Waals surface area contributed by atoms with Crippen molar-refractivity contribution in [3.63, 3.8) is 0 Å². The van der Waals surface area contributed by atoms with Crippen molar-refractivity contribution in [2.24, 2.45) is 0 Å². The summed E-state index contributed by atoms with van der Waals surface area (Å²) in [5.41, 5.74) is 6.72. The number of fused-ring (bicyclic) bond motifs is 1. The normalized spacial score (nSPS) is 21.6. The second-order valence-electron chi connectivity index (χ2n) is 8.07. The first kappa shape index (κ1) is 17.6. The zero-order valence-corrected chi connectivity index (χ0v) is 16.3. The summed E-state index contributed by atoms with van der Waals surface area (Å²) in [4.78, 5) is 14.7. The first-order valence-corrected chi connectivity index (χ1v) is 9.93. The highest BCUT2D eigenvalue weighted by atomic mass is 15.2. The van der Waals surface area contributed by atoms with E-state index in [0.717, 1.165) is 38.4 Å². The number of aryl methyl sites for hydroxylation is 2. The van der Waals surface area contributed by atoms with Crippen LogP contribution in [0.3, 0.4) is 0 Å². The van der Waals surface area contributed by atoms with Gasteiger partial charge in [0.1, 0.15) is 5.82 Å². The summed E-state index contributed by atoms with van der Waals surface area (Å²) in [5, 5.41) is 0. The molecule has 4 heteroatoms. The molecule has 0 saturated carbocycles. The van der Waals surface area contributed by atoms with Crippen molar-refractivity contribution in [2.45, 2.75) is 58.7 Å². The van der Waals surface area contributed by atoms with Crippen LogP contribution < -0.4 is 0 Å². The van der Waals surface area contributed by atoms with Gasteiger partial charge in [-0.3, -0.25) is 9.80 Å². The van der Waals surface area contributed by atoms with Crippen LogP contribution in [0.1, 0.15) is 59.1 Å². The third-order valence-corrected chi connectivity index (χ3v) is 6.08. The van der Waals surface area contributed by atoms with Crippen LogP contribution in [0.5, 0.6) is 0 Å². The Bertz CT molecular complexity index is 786. The minimum absolute atomic E-state index is 0.405. The average molecular weight is 351 g/mol. The number of nitrogens with zero attached hydrogens (tertiary/aromatic N) is 4. The topological polar surface area (TPSA) is 32.3 Å². The van der Waals surface area contributed by atoms with Gasteiger partial charge in [0.2, 0.25) is 0 Å². The fourth-order valence-electron chi connectivity index (χ4n) is 4.25. The maximum absolute atomic E-state index is 4.98. The fraction of sp³-hybridized carbons (Fsp3) is 0.545. The van der Waals surface area contributed by atoms with E-state index >= 15 is 0 Å². The summed E-state index contributed by atoms with van der Waals surface area (Å²) in [6.07, 6.45) is 6.90. The lowest BCUT2D eigenvalue weighted by atomic mass is 10.0. The van der Waals surface area contributed by atoms with E-state index in [9.17, 15) is 0 Å². The molecule has 0 amide bonds. The van der Waals surface area contributed by atoms with Gasteiger partial charge in [0.15, 0.2) is 0 Å². The minimum atomic E-state index is 0.405. The quantitative estimate of drug-likeness (QED) is 0.843. The molecule has 1 aromatic heterocycles. The molecule has 1 aromatic carbocycles. The molecule has 1 fully saturated rings. The zero-order chi connectivity index (χ0) is 18.1. The van der Waals surface area contributed by atoms with Crippen LogP contribution in [0, 0.1) is 13.8 Å². The van der Waals surface area contributed by atoms with Crippen LogP contribution in [-0.4, -0.2) is 39.9 Å². The predicted octanol–water partition coefficient (Wildman–Crippen LogP) is 3.81. The Balaban J connectivity index is 1.46. The van der Waals surface area contributed by atoms with Crippen LogP contribution in [0.2, 0.25) is 0 Å². The van der Waals surface area contributed by atoms with Crippen LogP contribution in [0.4, 0.5) is 0 Å². The van der Waals surface area contributed by atoms with Crippen molar-refractivity contribution in [3.05, 3.63) is 58.2 Å². The van der Waals surface area contributed by atoms with Crippen molar-refractivity contribution in [2.75, 3.05) is 20.1 Å². The van der Waals surface area contributed by atoms with Crippen molar-refractivity contribution in [1.29, 1.82) is 0 Å². The third-order valence-electron chi connectivity index (χ3n) is 6.08. The zero-order valence-electron chi connectivity index (χ0n) is 16.3. The third kappa shape index (κ3) is 3.67. The molecular weight excluding hydrogens is 320 g/mol. The predicted molar refractivity (Wildman–Crippen MR) is 105 cm³/mol. The number of rotatable bonds is 3. The van der Waals surface area contributed by atoms with Gasteiger partial charge in [0.25, 0.3) is 0 Å². The number of aromatic nitrogens is 2. The molecule has 0 N–H and O–H groups in total. The maximum Gasteiger partial charge on any atom is 0.145 e. The second-order valence-corrected chi connectivity index (χ2v) is 8.07. The first-order valence-electron chi connectivity index (χ1n) is 9.93. The van der Waals surface area contributed by atoms with E-state index in [4.69, 9.17) is 9.97 Å². The van der Waals surface area contributed by atoms with Gasteiger partial charge >= 0.3 is 0 Å². The van der Waals surface area contributed by atoms with Crippen molar-refractivity contribution >= 4 is 0 Å². The second kappa shape index (κ2) is 7.45. The van der Waals surface area contributed by atoms with Gasteiger partial charge in [-0.2, -0.15) is 0 Å². The number of piperidine rings is 1. The fourth-order valence-corrected chi connectivity index (χ4v) is 4.25. The number of hydrogen-bond acceptors (Lipinski definition) is 4. The van der Waals surface area contributed by atoms with Crippen LogP contribution in [0.15, 0.2) is 24.4 Å². The molecule has 0 radical (unpaired) electrons. The molecule has 2 aliphatic rings. The van der Waals surface area contributed by atoms with Crippen LogP contribution in [-0.2, 0) is 19.5 Å². The number of benzene rings is 1. The summed E-state index contributed by atoms with van der Waals surface area (Å²) < 4.78 is 0. The Kier molecular flexibility index (Phi) is 5.05. The van der Waals surface area contributed by atoms with Crippen molar-refractivity contribution < 1.29 is 0 Å². The summed E-state index contributed by atoms with van der Waals surface area (Å²) >= 11 is 0. The molecule has 1 atom stereocenters. The van der Waals surface area contributed by atoms with E-state index < -0.39 is 0 Å². The monoisotopic (exact) mass is 350 g/mol. The van der Waals surface area contributed by atoms with Crippen LogP contribution >= 0.6 is 0 Å². The van der Waals surface area contributed by atoms with Crippen LogP contribution in [0.25, 0.3) is 0 Å². The smallest absolute Gasteiger partial charge is 0.145 e. The molecule has 4 nitrogen and oxygen atoms in total. The highest BCUT2D eigenvalue weighted by molar-refractivity contribution is 5.30. The molecule has 3 heterocycles. The highest BCUT2D eigenvalue weighted by Gasteiger charge is 2.25. The van der Waals surface area contributed by atoms with Gasteiger partial charge in [-0.1, -0.05) is 24.6 Å². The Morgan fingerprint density at radius 1 is 1.12 bits per heavy atom. The minimum Gasteiger partial charge on any atom is -0.296 e. The highest BCUT2D eigenvalue weighted by Crippen LogP contribution is 2.28. The molecule has 2 aromatic rings. The Labute approximate surface area is 157 Å².